The van der Waals surface area contributed by atoms with Gasteiger partial charge in [0.2, 0.25) is 5.95 Å². The average molecular weight is 685 g/mol. The molecule has 3 rings (SSSR count). The summed E-state index contributed by atoms with van der Waals surface area (Å²) in [6.07, 6.45) is 6.86. The first-order valence-corrected chi connectivity index (χ1v) is 18.2. The second-order valence-electron chi connectivity index (χ2n) is 17.2. The van der Waals surface area contributed by atoms with Crippen molar-refractivity contribution in [2.75, 3.05) is 18.5 Å². The van der Waals surface area contributed by atoms with Crippen LogP contribution in [0.25, 0.3) is 0 Å². The molecule has 0 saturated carbocycles. The van der Waals surface area contributed by atoms with E-state index >= 15 is 0 Å². The Morgan fingerprint density at radius 2 is 1.10 bits per heavy atom. The molecule has 0 radical (unpaired) electrons. The molecule has 0 aliphatic carbocycles. The van der Waals surface area contributed by atoms with Crippen LogP contribution in [0.5, 0.6) is 0 Å². The van der Waals surface area contributed by atoms with Gasteiger partial charge in [0.1, 0.15) is 11.4 Å². The third-order valence-corrected chi connectivity index (χ3v) is 9.03. The number of aromatic nitrogens is 3. The summed E-state index contributed by atoms with van der Waals surface area (Å²) in [4.78, 5) is 50.8. The molecule has 0 spiro atoms. The number of anilines is 1. The smallest absolute Gasteiger partial charge is 0.353 e. The van der Waals surface area contributed by atoms with Gasteiger partial charge in [0.05, 0.1) is 13.2 Å². The van der Waals surface area contributed by atoms with Gasteiger partial charge in [-0.3, -0.25) is 0 Å². The van der Waals surface area contributed by atoms with Crippen molar-refractivity contribution in [3.05, 3.63) is 0 Å². The van der Waals surface area contributed by atoms with E-state index in [0.717, 1.165) is 25.7 Å². The second kappa shape index (κ2) is 15.9. The summed E-state index contributed by atoms with van der Waals surface area (Å²) in [5.74, 6) is -1.05. The molecule has 3 N–H and O–H groups in total. The van der Waals surface area contributed by atoms with Gasteiger partial charge in [-0.25, -0.2) is 19.6 Å². The zero-order valence-corrected chi connectivity index (χ0v) is 32.6. The van der Waals surface area contributed by atoms with Crippen molar-refractivity contribution < 1.29 is 19.1 Å². The third kappa shape index (κ3) is 12.4. The maximum atomic E-state index is 13.5. The Hall–Kier alpha value is -2.99. The molecular formula is C37H64N8O4. The predicted molar refractivity (Wildman–Crippen MR) is 197 cm³/mol. The van der Waals surface area contributed by atoms with Gasteiger partial charge in [-0.1, -0.05) is 26.2 Å². The van der Waals surface area contributed by atoms with E-state index < -0.39 is 11.9 Å². The van der Waals surface area contributed by atoms with Gasteiger partial charge in [0, 0.05) is 39.5 Å². The highest BCUT2D eigenvalue weighted by Crippen LogP contribution is 2.36. The van der Waals surface area contributed by atoms with E-state index in [4.69, 9.17) is 29.4 Å². The number of aliphatic imine (C=N–C) groups is 2. The number of hydrogen-bond donors (Lipinski definition) is 3. The fourth-order valence-corrected chi connectivity index (χ4v) is 7.96. The predicted octanol–water partition coefficient (Wildman–Crippen LogP) is 7.03. The van der Waals surface area contributed by atoms with Gasteiger partial charge >= 0.3 is 11.9 Å². The normalized spacial score (nSPS) is 21.2. The Labute approximate surface area is 294 Å². The van der Waals surface area contributed by atoms with Crippen molar-refractivity contribution in [1.82, 2.24) is 25.6 Å². The van der Waals surface area contributed by atoms with Crippen LogP contribution in [0.4, 0.5) is 17.8 Å². The zero-order chi connectivity index (χ0) is 36.8. The lowest BCUT2D eigenvalue weighted by Gasteiger charge is -2.46. The fourth-order valence-electron chi connectivity index (χ4n) is 7.96. The van der Waals surface area contributed by atoms with Crippen molar-refractivity contribution in [3.8, 4) is 0 Å². The molecular weight excluding hydrogens is 620 g/mol. The molecule has 49 heavy (non-hydrogen) atoms. The summed E-state index contributed by atoms with van der Waals surface area (Å²) >= 11 is 0. The summed E-state index contributed by atoms with van der Waals surface area (Å²) in [6.45, 7) is 27.4. The Morgan fingerprint density at radius 3 is 1.45 bits per heavy atom. The number of piperidine rings is 2. The van der Waals surface area contributed by atoms with Crippen LogP contribution in [-0.2, 0) is 19.1 Å². The fraction of sp³-hybridized carbons (Fsp3) is 0.811. The van der Waals surface area contributed by atoms with Gasteiger partial charge in [-0.05, 0) is 115 Å². The minimum Gasteiger partial charge on any atom is -0.461 e. The number of ether oxygens (including phenoxy) is 2. The molecule has 0 atom stereocenters. The molecule has 0 bridgehead atoms. The van der Waals surface area contributed by atoms with Crippen LogP contribution in [-0.4, -0.2) is 79.2 Å². The van der Waals surface area contributed by atoms with Gasteiger partial charge in [-0.15, -0.1) is 0 Å². The molecule has 2 aliphatic heterocycles. The van der Waals surface area contributed by atoms with Crippen LogP contribution < -0.4 is 16.0 Å². The summed E-state index contributed by atoms with van der Waals surface area (Å²) in [7, 11) is 0. The molecule has 2 aliphatic rings. The molecule has 1 aromatic heterocycles. The maximum absolute atomic E-state index is 13.5. The summed E-state index contributed by atoms with van der Waals surface area (Å²) in [5, 5.41) is 10.8. The van der Waals surface area contributed by atoms with Crippen molar-refractivity contribution in [3.63, 3.8) is 0 Å². The van der Waals surface area contributed by atoms with E-state index in [9.17, 15) is 9.59 Å². The first-order chi connectivity index (χ1) is 22.6. The number of carbonyl (C=O) groups is 2. The van der Waals surface area contributed by atoms with Gasteiger partial charge < -0.3 is 25.4 Å². The van der Waals surface area contributed by atoms with E-state index in [1.807, 2.05) is 0 Å². The SMILES string of the molecule is CCCCCC(C)(C)Nc1nc(N=C(C(=O)OCC)C2CC(C)(C)NC(C)(C)C2)nc(N=C(C(=O)OCC)C2CC(C)(C)NC(C)(C)C2)n1. The lowest BCUT2D eigenvalue weighted by Crippen LogP contribution is -2.59. The van der Waals surface area contributed by atoms with Crippen molar-refractivity contribution in [2.45, 2.75) is 169 Å². The average Bonchev–Trinajstić information content (AvgIpc) is 2.91. The van der Waals surface area contributed by atoms with Crippen LogP contribution in [0.3, 0.4) is 0 Å². The zero-order valence-electron chi connectivity index (χ0n) is 32.6. The van der Waals surface area contributed by atoms with Crippen LogP contribution in [0.15, 0.2) is 9.98 Å². The van der Waals surface area contributed by atoms with E-state index in [2.05, 4.69) is 97.1 Å². The monoisotopic (exact) mass is 685 g/mol. The van der Waals surface area contributed by atoms with Gasteiger partial charge in [0.15, 0.2) is 0 Å². The molecule has 2 fully saturated rings. The molecule has 2 saturated heterocycles. The number of nitrogens with zero attached hydrogens (tertiary/aromatic N) is 5. The quantitative estimate of drug-likeness (QED) is 0.106. The number of rotatable bonds is 14. The van der Waals surface area contributed by atoms with E-state index in [1.54, 1.807) is 13.8 Å². The van der Waals surface area contributed by atoms with E-state index in [0.29, 0.717) is 25.7 Å². The molecule has 3 heterocycles. The minimum atomic E-state index is -0.493. The highest BCUT2D eigenvalue weighted by atomic mass is 16.5. The molecule has 0 aromatic carbocycles. The van der Waals surface area contributed by atoms with Crippen LogP contribution in [0.1, 0.15) is 141 Å². The number of hydrogen-bond acceptors (Lipinski definition) is 12. The van der Waals surface area contributed by atoms with Crippen LogP contribution >= 0.6 is 0 Å². The molecule has 0 unspecified atom stereocenters. The number of carbonyl (C=O) groups excluding carboxylic acids is 2. The summed E-state index contributed by atoms with van der Waals surface area (Å²) < 4.78 is 11.1. The number of unbranched alkanes of at least 4 members (excludes halogenated alkanes) is 2. The first kappa shape index (κ1) is 40.4. The lowest BCUT2D eigenvalue weighted by molar-refractivity contribution is -0.136. The lowest BCUT2D eigenvalue weighted by atomic mass is 9.74. The Balaban J connectivity index is 2.23. The van der Waals surface area contributed by atoms with Crippen LogP contribution in [0.2, 0.25) is 0 Å². The second-order valence-corrected chi connectivity index (χ2v) is 17.2. The molecule has 276 valence electrons. The maximum Gasteiger partial charge on any atom is 0.353 e. The van der Waals surface area contributed by atoms with Gasteiger partial charge in [0.25, 0.3) is 11.9 Å². The number of esters is 2. The largest absolute Gasteiger partial charge is 0.461 e. The van der Waals surface area contributed by atoms with Crippen molar-refractivity contribution in [1.29, 1.82) is 0 Å². The highest BCUT2D eigenvalue weighted by Gasteiger charge is 2.43. The standard InChI is InChI=1S/C37H64N8O4/c1-14-17-18-19-33(4,5)43-32-41-30(38-26(28(46)48-15-2)24-20-34(6,7)44-35(8,9)21-24)40-31(42-32)39-27(29(47)49-16-3)25-22-36(10,11)45-37(12,13)23-25/h24-25,44-45H,14-23H2,1-13H3,(H,40,41,42,43). The third-order valence-electron chi connectivity index (χ3n) is 9.03. The Kier molecular flexibility index (Phi) is 13.1. The molecule has 12 nitrogen and oxygen atoms in total. The summed E-state index contributed by atoms with van der Waals surface area (Å²) in [5.41, 5.74) is -0.776. The van der Waals surface area contributed by atoms with Crippen molar-refractivity contribution >= 4 is 41.2 Å². The topological polar surface area (TPSA) is 152 Å². The first-order valence-electron chi connectivity index (χ1n) is 18.2. The molecule has 12 heteroatoms. The van der Waals surface area contributed by atoms with Crippen molar-refractivity contribution in [2.24, 2.45) is 21.8 Å². The number of nitrogens with one attached hydrogen (secondary N) is 3. The summed E-state index contributed by atoms with van der Waals surface area (Å²) in [6, 6.07) is 0. The molecule has 0 amide bonds. The minimum absolute atomic E-state index is 0.0342. The van der Waals surface area contributed by atoms with E-state index in [-0.39, 0.29) is 82.0 Å². The van der Waals surface area contributed by atoms with Crippen LogP contribution in [0, 0.1) is 11.8 Å². The van der Waals surface area contributed by atoms with Gasteiger partial charge in [-0.2, -0.15) is 15.0 Å². The molecule has 1 aromatic rings. The Morgan fingerprint density at radius 1 is 0.714 bits per heavy atom. The van der Waals surface area contributed by atoms with E-state index in [1.165, 1.54) is 0 Å². The highest BCUT2D eigenvalue weighted by molar-refractivity contribution is 6.38. The Bertz CT molecular complexity index is 1260.